The molecule has 0 aliphatic heterocycles. The molecule has 3 aromatic rings. The minimum Gasteiger partial charge on any atom is -0.744 e. The van der Waals surface area contributed by atoms with Gasteiger partial charge in [-0.05, 0) is 50.4 Å². The van der Waals surface area contributed by atoms with Crippen molar-refractivity contribution in [2.45, 2.75) is 17.2 Å². The smallest absolute Gasteiger partial charge is 0.744 e. The van der Waals surface area contributed by atoms with Gasteiger partial charge in [0, 0.05) is 15.9 Å². The quantitative estimate of drug-likeness (QED) is 0.203. The summed E-state index contributed by atoms with van der Waals surface area (Å²) < 4.78 is 126. The monoisotopic (exact) mass is 544 g/mol. The Bertz CT molecular complexity index is 1280. The predicted octanol–water partition coefficient (Wildman–Crippen LogP) is 1.41. The van der Waals surface area contributed by atoms with Crippen molar-refractivity contribution in [1.29, 1.82) is 0 Å². The van der Waals surface area contributed by atoms with Crippen LogP contribution >= 0.6 is 7.92 Å². The fourth-order valence-corrected chi connectivity index (χ4v) is 7.01. The molecule has 0 saturated heterocycles. The van der Waals surface area contributed by atoms with Gasteiger partial charge in [0.05, 0.1) is 30.2 Å². The van der Waals surface area contributed by atoms with Gasteiger partial charge in [-0.15, -0.1) is 0 Å². The molecule has 0 atom stereocenters. The number of ether oxygens (including phenoxy) is 2. The number of benzene rings is 3. The Morgan fingerprint density at radius 3 is 1.50 bits per heavy atom. The molecule has 36 heavy (non-hydrogen) atoms. The number of rotatable bonds is 6. The summed E-state index contributed by atoms with van der Waals surface area (Å²) >= 11 is 0. The van der Waals surface area contributed by atoms with Crippen molar-refractivity contribution in [3.05, 3.63) is 71.8 Å². The Kier molecular flexibility index (Phi) is 9.19. The van der Waals surface area contributed by atoms with Crippen molar-refractivity contribution in [1.82, 2.24) is 0 Å². The third-order valence-corrected chi connectivity index (χ3v) is 8.49. The van der Waals surface area contributed by atoms with Crippen LogP contribution in [0.25, 0.3) is 0 Å². The molecule has 3 rings (SSSR count). The largest absolute Gasteiger partial charge is 1.00 e. The number of methoxy groups -OCH3 is 2. The van der Waals surface area contributed by atoms with Crippen molar-refractivity contribution in [2.75, 3.05) is 14.2 Å². The predicted molar refractivity (Wildman–Crippen MR) is 116 cm³/mol. The van der Waals surface area contributed by atoms with Crippen LogP contribution in [0.1, 0.15) is 11.1 Å². The van der Waals surface area contributed by atoms with Gasteiger partial charge < -0.3 is 14.0 Å². The molecule has 0 bridgehead atoms. The molecule has 0 aliphatic carbocycles. The van der Waals surface area contributed by atoms with E-state index in [9.17, 15) is 39.3 Å². The van der Waals surface area contributed by atoms with Crippen molar-refractivity contribution in [3.8, 4) is 11.5 Å². The summed E-state index contributed by atoms with van der Waals surface area (Å²) in [5, 5.41) is -0.0528. The summed E-state index contributed by atoms with van der Waals surface area (Å²) in [6.45, 7) is 0. The molecule has 0 aromatic heterocycles. The van der Waals surface area contributed by atoms with Crippen molar-refractivity contribution in [2.24, 2.45) is 0 Å². The standard InChI is InChI=1S/C22H17F6O5PS.Li/c1-32-15-11-13(21(23,24)25)7-9-17(15)34(19-5-3-4-6-20(19)35(29,30)31)18-10-8-14(22(26,27)28)12-16(18)33-2;/h3-12H,1-2H3,(H,29,30,31);/q;+1/p-1. The summed E-state index contributed by atoms with van der Waals surface area (Å²) in [6, 6.07) is 9.88. The summed E-state index contributed by atoms with van der Waals surface area (Å²) in [7, 11) is -5.14. The fraction of sp³-hybridized carbons (Fsp3) is 0.182. The first-order valence-electron chi connectivity index (χ1n) is 9.54. The molecule has 188 valence electrons. The van der Waals surface area contributed by atoms with Gasteiger partial charge >= 0.3 is 31.2 Å². The Morgan fingerprint density at radius 2 is 1.14 bits per heavy atom. The van der Waals surface area contributed by atoms with Crippen molar-refractivity contribution < 1.29 is 67.6 Å². The number of hydrogen-bond acceptors (Lipinski definition) is 5. The Balaban J connectivity index is 0.00000456. The van der Waals surface area contributed by atoms with E-state index in [2.05, 4.69) is 0 Å². The van der Waals surface area contributed by atoms with Crippen LogP contribution in [0.3, 0.4) is 0 Å². The average molecular weight is 544 g/mol. The van der Waals surface area contributed by atoms with Crippen molar-refractivity contribution >= 4 is 34.0 Å². The Morgan fingerprint density at radius 1 is 0.722 bits per heavy atom. The van der Waals surface area contributed by atoms with Gasteiger partial charge in [-0.1, -0.05) is 18.2 Å². The number of hydrogen-bond donors (Lipinski definition) is 0. The molecule has 14 heteroatoms. The molecular formula is C22H16F6LiO5PS. The minimum absolute atomic E-state index is 0. The third kappa shape index (κ3) is 6.36. The zero-order valence-electron chi connectivity index (χ0n) is 18.9. The van der Waals surface area contributed by atoms with E-state index < -0.39 is 46.4 Å². The van der Waals surface area contributed by atoms with E-state index in [1.807, 2.05) is 0 Å². The molecule has 0 heterocycles. The molecule has 0 saturated carbocycles. The maximum Gasteiger partial charge on any atom is 1.00 e. The van der Waals surface area contributed by atoms with E-state index in [-0.39, 0.29) is 46.3 Å². The normalized spacial score (nSPS) is 12.3. The zero-order valence-corrected chi connectivity index (χ0v) is 20.6. The number of halogens is 6. The van der Waals surface area contributed by atoms with Crippen LogP contribution in [0.4, 0.5) is 26.3 Å². The molecule has 0 fully saturated rings. The van der Waals surface area contributed by atoms with Crippen LogP contribution in [0.5, 0.6) is 11.5 Å². The molecule has 0 amide bonds. The molecule has 3 aromatic carbocycles. The van der Waals surface area contributed by atoms with Crippen molar-refractivity contribution in [3.63, 3.8) is 0 Å². The topological polar surface area (TPSA) is 75.7 Å². The molecule has 0 spiro atoms. The average Bonchev–Trinajstić information content (AvgIpc) is 2.77. The summed E-state index contributed by atoms with van der Waals surface area (Å²) in [4.78, 5) is -0.671. The van der Waals surface area contributed by atoms with E-state index in [1.54, 1.807) is 0 Å². The van der Waals surface area contributed by atoms with Gasteiger partial charge in [-0.2, -0.15) is 26.3 Å². The maximum atomic E-state index is 13.3. The van der Waals surface area contributed by atoms with E-state index in [0.29, 0.717) is 12.1 Å². The fourth-order valence-electron chi connectivity index (χ4n) is 3.32. The third-order valence-electron chi connectivity index (χ3n) is 4.87. The van der Waals surface area contributed by atoms with Gasteiger partial charge in [-0.25, -0.2) is 8.42 Å². The molecular weight excluding hydrogens is 528 g/mol. The summed E-state index contributed by atoms with van der Waals surface area (Å²) in [6.07, 6.45) is -9.45. The molecule has 0 aliphatic rings. The minimum atomic E-state index is -5.07. The van der Waals surface area contributed by atoms with Gasteiger partial charge in [0.1, 0.15) is 21.6 Å². The van der Waals surface area contributed by atoms with Crippen LogP contribution in [0.15, 0.2) is 65.6 Å². The summed E-state index contributed by atoms with van der Waals surface area (Å²) in [5.74, 6) is -0.600. The first kappa shape index (κ1) is 30.0. The molecule has 0 radical (unpaired) electrons. The zero-order chi connectivity index (χ0) is 26.2. The van der Waals surface area contributed by atoms with Crippen LogP contribution in [-0.4, -0.2) is 27.2 Å². The van der Waals surface area contributed by atoms with Gasteiger partial charge in [0.15, 0.2) is 0 Å². The van der Waals surface area contributed by atoms with Crippen LogP contribution in [0.2, 0.25) is 0 Å². The van der Waals surface area contributed by atoms with Crippen LogP contribution in [-0.2, 0) is 22.5 Å². The first-order chi connectivity index (χ1) is 16.2. The molecule has 5 nitrogen and oxygen atoms in total. The summed E-state index contributed by atoms with van der Waals surface area (Å²) in [5.41, 5.74) is -2.12. The molecule has 0 unspecified atom stereocenters. The van der Waals surface area contributed by atoms with Crippen LogP contribution in [0, 0.1) is 0 Å². The maximum absolute atomic E-state index is 13.3. The SMILES string of the molecule is COc1cc(C(F)(F)F)ccc1P(c1ccc(C(F)(F)F)cc1OC)c1ccccc1S(=O)(=O)[O-].[Li+]. The second-order valence-electron chi connectivity index (χ2n) is 7.03. The van der Waals surface area contributed by atoms with E-state index in [1.165, 1.54) is 18.2 Å². The number of alkyl halides is 6. The second-order valence-corrected chi connectivity index (χ2v) is 10.5. The second kappa shape index (κ2) is 11.0. The Hall–Kier alpha value is -2.22. The first-order valence-corrected chi connectivity index (χ1v) is 12.3. The van der Waals surface area contributed by atoms with Gasteiger partial charge in [-0.3, -0.25) is 0 Å². The van der Waals surface area contributed by atoms with E-state index in [0.717, 1.165) is 44.6 Å². The Labute approximate surface area is 216 Å². The molecule has 0 N–H and O–H groups in total. The van der Waals surface area contributed by atoms with Gasteiger partial charge in [0.25, 0.3) is 0 Å². The van der Waals surface area contributed by atoms with Crippen LogP contribution < -0.4 is 44.2 Å². The van der Waals surface area contributed by atoms with E-state index >= 15 is 0 Å². The van der Waals surface area contributed by atoms with Gasteiger partial charge in [0.2, 0.25) is 0 Å². The van der Waals surface area contributed by atoms with E-state index in [4.69, 9.17) is 9.47 Å².